The number of hydrogen-bond acceptors (Lipinski definition) is 6. The van der Waals surface area contributed by atoms with Gasteiger partial charge in [-0.3, -0.25) is 9.69 Å². The summed E-state index contributed by atoms with van der Waals surface area (Å²) in [5, 5.41) is 13.3. The van der Waals surface area contributed by atoms with Gasteiger partial charge in [-0.15, -0.1) is 0 Å². The van der Waals surface area contributed by atoms with Crippen LogP contribution < -0.4 is 14.8 Å². The number of benzene rings is 3. The summed E-state index contributed by atoms with van der Waals surface area (Å²) >= 11 is 0. The lowest BCUT2D eigenvalue weighted by Crippen LogP contribution is -2.58. The third-order valence-corrected chi connectivity index (χ3v) is 6.69. The van der Waals surface area contributed by atoms with E-state index in [1.807, 2.05) is 42.5 Å². The lowest BCUT2D eigenvalue weighted by Gasteiger charge is -2.40. The predicted molar refractivity (Wildman–Crippen MR) is 141 cm³/mol. The number of hydrogen-bond donors (Lipinski definition) is 2. The van der Waals surface area contributed by atoms with Gasteiger partial charge in [0.15, 0.2) is 5.78 Å². The van der Waals surface area contributed by atoms with E-state index in [1.165, 1.54) is 10.5 Å². The summed E-state index contributed by atoms with van der Waals surface area (Å²) in [6, 6.07) is 23.5. The Balaban J connectivity index is 1.58. The molecule has 0 aliphatic carbocycles. The van der Waals surface area contributed by atoms with Gasteiger partial charge in [-0.05, 0) is 17.7 Å². The van der Waals surface area contributed by atoms with Gasteiger partial charge in [0.25, 0.3) is 0 Å². The molecule has 0 aromatic heterocycles. The minimum Gasteiger partial charge on any atom is -0.497 e. The largest absolute Gasteiger partial charge is 0.497 e. The smallest absolute Gasteiger partial charge is 0.407 e. The summed E-state index contributed by atoms with van der Waals surface area (Å²) in [7, 11) is 3.13. The number of amides is 1. The Kier molecular flexibility index (Phi) is 8.77. The van der Waals surface area contributed by atoms with Crippen LogP contribution >= 0.6 is 0 Å². The second-order valence-electron chi connectivity index (χ2n) is 9.03. The van der Waals surface area contributed by atoms with E-state index in [-0.39, 0.29) is 11.8 Å². The number of ketones is 1. The van der Waals surface area contributed by atoms with Gasteiger partial charge in [0.05, 0.1) is 20.3 Å². The molecule has 2 atom stereocenters. The third-order valence-electron chi connectivity index (χ3n) is 6.69. The number of Topliss-reactive ketones (excluding diaryl/α,β-unsaturated/α-hetero) is 1. The van der Waals surface area contributed by atoms with Gasteiger partial charge in [-0.25, -0.2) is 4.79 Å². The molecule has 3 aromatic carbocycles. The van der Waals surface area contributed by atoms with Gasteiger partial charge >= 0.3 is 6.09 Å². The zero-order valence-electron chi connectivity index (χ0n) is 21.2. The number of carbonyl (C=O) groups is 2. The van der Waals surface area contributed by atoms with E-state index < -0.39 is 12.1 Å². The Hall–Kier alpha value is -3.88. The highest BCUT2D eigenvalue weighted by atomic mass is 16.5. The highest BCUT2D eigenvalue weighted by molar-refractivity contribution is 6.01. The Morgan fingerprint density at radius 2 is 1.68 bits per heavy atom. The molecule has 2 N–H and O–H groups in total. The average molecular weight is 504 g/mol. The van der Waals surface area contributed by atoms with Crippen molar-refractivity contribution >= 4 is 11.9 Å². The first kappa shape index (κ1) is 26.2. The molecule has 1 saturated heterocycles. The number of rotatable bonds is 10. The summed E-state index contributed by atoms with van der Waals surface area (Å²) in [6.45, 7) is 2.65. The van der Waals surface area contributed by atoms with Gasteiger partial charge in [-0.1, -0.05) is 60.7 Å². The molecule has 4 rings (SSSR count). The Bertz CT molecular complexity index is 1190. The monoisotopic (exact) mass is 503 g/mol. The molecular weight excluding hydrogens is 470 g/mol. The van der Waals surface area contributed by atoms with E-state index in [2.05, 4.69) is 22.3 Å². The van der Waals surface area contributed by atoms with Crippen LogP contribution in [-0.4, -0.2) is 73.2 Å². The van der Waals surface area contributed by atoms with E-state index in [9.17, 15) is 14.7 Å². The number of nitrogens with one attached hydrogen (secondary N) is 1. The molecule has 3 aromatic rings. The summed E-state index contributed by atoms with van der Waals surface area (Å²) in [5.74, 6) is 1.01. The molecule has 1 aliphatic heterocycles. The van der Waals surface area contributed by atoms with E-state index in [0.29, 0.717) is 48.8 Å². The van der Waals surface area contributed by atoms with Crippen molar-refractivity contribution < 1.29 is 24.2 Å². The second kappa shape index (κ2) is 12.4. The van der Waals surface area contributed by atoms with Crippen molar-refractivity contribution in [2.75, 3.05) is 40.4 Å². The van der Waals surface area contributed by atoms with Crippen LogP contribution in [0.25, 0.3) is 0 Å². The molecule has 8 nitrogen and oxygen atoms in total. The number of ether oxygens (including phenoxy) is 2. The van der Waals surface area contributed by atoms with Crippen LogP contribution in [0.1, 0.15) is 27.5 Å². The SMILES string of the molecule is COc1ccc(C(NC[C@H]2CN(Cc3ccccc3)CCN2C(=O)O)C(=O)c2ccccc2)c(OC)c1. The Morgan fingerprint density at radius 1 is 0.973 bits per heavy atom. The Labute approximate surface area is 217 Å². The summed E-state index contributed by atoms with van der Waals surface area (Å²) in [6.07, 6.45) is -0.959. The first-order valence-corrected chi connectivity index (χ1v) is 12.3. The number of piperazine rings is 1. The molecule has 1 heterocycles. The summed E-state index contributed by atoms with van der Waals surface area (Å²) in [4.78, 5) is 29.4. The van der Waals surface area contributed by atoms with Gasteiger partial charge in [-0.2, -0.15) is 0 Å². The van der Waals surface area contributed by atoms with Crippen molar-refractivity contribution in [3.63, 3.8) is 0 Å². The minimum atomic E-state index is -0.959. The standard InChI is InChI=1S/C29H33N3O5/c1-36-24-13-14-25(26(17-24)37-2)27(28(33)22-11-7-4-8-12-22)30-18-23-20-31(15-16-32(23)29(34)35)19-21-9-5-3-6-10-21/h3-14,17,23,27,30H,15-16,18-20H2,1-2H3,(H,34,35)/t23-,27?/m0/s1. The highest BCUT2D eigenvalue weighted by Gasteiger charge is 2.33. The number of carbonyl (C=O) groups excluding carboxylic acids is 1. The van der Waals surface area contributed by atoms with Crippen molar-refractivity contribution in [3.8, 4) is 11.5 Å². The maximum absolute atomic E-state index is 13.7. The van der Waals surface area contributed by atoms with Crippen LogP contribution in [0.2, 0.25) is 0 Å². The summed E-state index contributed by atoms with van der Waals surface area (Å²) in [5.41, 5.74) is 2.40. The van der Waals surface area contributed by atoms with Crippen LogP contribution in [0.5, 0.6) is 11.5 Å². The van der Waals surface area contributed by atoms with Crippen molar-refractivity contribution in [3.05, 3.63) is 95.6 Å². The lowest BCUT2D eigenvalue weighted by atomic mass is 9.96. The maximum atomic E-state index is 13.7. The first-order valence-electron chi connectivity index (χ1n) is 12.3. The molecule has 8 heteroatoms. The molecule has 0 saturated carbocycles. The average Bonchev–Trinajstić information content (AvgIpc) is 2.94. The fraction of sp³-hybridized carbons (Fsp3) is 0.310. The molecular formula is C29H33N3O5. The van der Waals surface area contributed by atoms with Crippen molar-refractivity contribution in [2.45, 2.75) is 18.6 Å². The predicted octanol–water partition coefficient (Wildman–Crippen LogP) is 4.08. The van der Waals surface area contributed by atoms with Crippen LogP contribution in [0.15, 0.2) is 78.9 Å². The van der Waals surface area contributed by atoms with Gasteiger partial charge in [0.2, 0.25) is 0 Å². The van der Waals surface area contributed by atoms with Crippen LogP contribution in [0, 0.1) is 0 Å². The first-order chi connectivity index (χ1) is 18.0. The number of nitrogens with zero attached hydrogens (tertiary/aromatic N) is 2. The zero-order valence-corrected chi connectivity index (χ0v) is 21.2. The molecule has 1 amide bonds. The molecule has 0 spiro atoms. The second-order valence-corrected chi connectivity index (χ2v) is 9.03. The van der Waals surface area contributed by atoms with Gasteiger partial charge in [0.1, 0.15) is 17.5 Å². The molecule has 1 aliphatic rings. The molecule has 1 unspecified atom stereocenters. The van der Waals surface area contributed by atoms with E-state index in [1.54, 1.807) is 38.5 Å². The number of carboxylic acid groups (broad SMARTS) is 1. The lowest BCUT2D eigenvalue weighted by molar-refractivity contribution is 0.0624. The molecule has 37 heavy (non-hydrogen) atoms. The number of methoxy groups -OCH3 is 2. The molecule has 194 valence electrons. The van der Waals surface area contributed by atoms with Crippen LogP contribution in [-0.2, 0) is 6.54 Å². The topological polar surface area (TPSA) is 91.3 Å². The van der Waals surface area contributed by atoms with E-state index >= 15 is 0 Å². The highest BCUT2D eigenvalue weighted by Crippen LogP contribution is 2.31. The third kappa shape index (κ3) is 6.47. The maximum Gasteiger partial charge on any atom is 0.407 e. The van der Waals surface area contributed by atoms with Crippen LogP contribution in [0.4, 0.5) is 4.79 Å². The molecule has 0 bridgehead atoms. The van der Waals surface area contributed by atoms with E-state index in [4.69, 9.17) is 9.47 Å². The molecule has 1 fully saturated rings. The Morgan fingerprint density at radius 3 is 2.32 bits per heavy atom. The fourth-order valence-corrected chi connectivity index (χ4v) is 4.76. The van der Waals surface area contributed by atoms with Crippen molar-refractivity contribution in [1.82, 2.24) is 15.1 Å². The summed E-state index contributed by atoms with van der Waals surface area (Å²) < 4.78 is 10.9. The zero-order chi connectivity index (χ0) is 26.2. The quantitative estimate of drug-likeness (QED) is 0.403. The van der Waals surface area contributed by atoms with Crippen molar-refractivity contribution in [1.29, 1.82) is 0 Å². The van der Waals surface area contributed by atoms with Gasteiger partial charge in [0, 0.05) is 49.9 Å². The normalized spacial score (nSPS) is 16.7. The van der Waals surface area contributed by atoms with Gasteiger partial charge < -0.3 is 24.8 Å². The van der Waals surface area contributed by atoms with E-state index in [0.717, 1.165) is 6.54 Å². The van der Waals surface area contributed by atoms with Crippen LogP contribution in [0.3, 0.4) is 0 Å². The minimum absolute atomic E-state index is 0.122. The molecule has 0 radical (unpaired) electrons. The van der Waals surface area contributed by atoms with Crippen molar-refractivity contribution in [2.24, 2.45) is 0 Å². The fourth-order valence-electron chi connectivity index (χ4n) is 4.76.